The van der Waals surface area contributed by atoms with Gasteiger partial charge in [-0.3, -0.25) is 19.2 Å². The number of H-pyrrole nitrogens is 1. The third kappa shape index (κ3) is 6.05. The molecular weight excluding hydrogens is 554 g/mol. The van der Waals surface area contributed by atoms with Gasteiger partial charge in [0.2, 0.25) is 5.43 Å². The van der Waals surface area contributed by atoms with Gasteiger partial charge in [-0.15, -0.1) is 0 Å². The van der Waals surface area contributed by atoms with Gasteiger partial charge in [-0.25, -0.2) is 14.3 Å². The molecule has 43 heavy (non-hydrogen) atoms. The fourth-order valence-corrected chi connectivity index (χ4v) is 4.94. The fourth-order valence-electron chi connectivity index (χ4n) is 4.94. The lowest BCUT2D eigenvalue weighted by molar-refractivity contribution is 0.0636. The van der Waals surface area contributed by atoms with Crippen LogP contribution in [0.4, 0.5) is 5.69 Å². The molecule has 0 aliphatic carbocycles. The molecule has 5 rings (SSSR count). The number of unbranched alkanes of at least 4 members (excludes halogenated alkanes) is 1. The van der Waals surface area contributed by atoms with E-state index < -0.39 is 22.9 Å². The van der Waals surface area contributed by atoms with Crippen molar-refractivity contribution in [1.82, 2.24) is 29.4 Å². The van der Waals surface area contributed by atoms with Crippen LogP contribution in [0, 0.1) is 0 Å². The molecule has 0 spiro atoms. The lowest BCUT2D eigenvalue weighted by Crippen LogP contribution is -2.46. The number of anilines is 1. The standard InChI is InChI=1S/C30H33N7O6/c1-4-5-13-43-26-23(38)15-22(36-12-11-35(18(2)3)29(41)25(26)36)16-31-27(39)19-7-6-8-21(14-19)32-28(40)20-9-10-24-33-34-30(42)37(24)17-20/h6-10,14-15,17-18H,4-5,11-13,16H2,1-3H3,(H,31,39)(H,32,40)(H,34,42). The minimum absolute atomic E-state index is 0.00131. The van der Waals surface area contributed by atoms with Crippen LogP contribution < -0.4 is 26.5 Å². The van der Waals surface area contributed by atoms with Crippen LogP contribution in [0.25, 0.3) is 5.65 Å². The maximum Gasteiger partial charge on any atom is 0.347 e. The molecule has 13 heteroatoms. The number of fused-ring (bicyclic) bond motifs is 2. The van der Waals surface area contributed by atoms with Gasteiger partial charge in [0.15, 0.2) is 17.1 Å². The Morgan fingerprint density at radius 3 is 2.63 bits per heavy atom. The van der Waals surface area contributed by atoms with E-state index in [4.69, 9.17) is 4.74 Å². The Labute approximate surface area is 246 Å². The molecule has 4 aromatic rings. The fraction of sp³-hybridized carbons (Fsp3) is 0.333. The van der Waals surface area contributed by atoms with Gasteiger partial charge in [0.1, 0.15) is 0 Å². The highest BCUT2D eigenvalue weighted by Crippen LogP contribution is 2.24. The number of ether oxygens (including phenoxy) is 1. The Morgan fingerprint density at radius 2 is 1.86 bits per heavy atom. The number of nitrogens with zero attached hydrogens (tertiary/aromatic N) is 4. The van der Waals surface area contributed by atoms with Gasteiger partial charge in [0, 0.05) is 48.3 Å². The van der Waals surface area contributed by atoms with Crippen molar-refractivity contribution in [2.75, 3.05) is 18.5 Å². The Hall–Kier alpha value is -5.20. The molecule has 0 saturated carbocycles. The quantitative estimate of drug-likeness (QED) is 0.240. The molecule has 3 aromatic heterocycles. The van der Waals surface area contributed by atoms with Crippen molar-refractivity contribution in [1.29, 1.82) is 0 Å². The second-order valence-electron chi connectivity index (χ2n) is 10.5. The summed E-state index contributed by atoms with van der Waals surface area (Å²) in [6.45, 7) is 7.09. The lowest BCUT2D eigenvalue weighted by Gasteiger charge is -2.35. The summed E-state index contributed by atoms with van der Waals surface area (Å²) in [6, 6.07) is 10.8. The highest BCUT2D eigenvalue weighted by molar-refractivity contribution is 6.05. The molecule has 224 valence electrons. The second-order valence-corrected chi connectivity index (χ2v) is 10.5. The number of nitrogens with one attached hydrogen (secondary N) is 3. The molecule has 3 N–H and O–H groups in total. The van der Waals surface area contributed by atoms with E-state index in [0.29, 0.717) is 36.7 Å². The number of carbonyl (C=O) groups is 3. The lowest BCUT2D eigenvalue weighted by atomic mass is 10.1. The number of aromatic amines is 1. The second kappa shape index (κ2) is 12.3. The monoisotopic (exact) mass is 587 g/mol. The van der Waals surface area contributed by atoms with Gasteiger partial charge in [-0.05, 0) is 50.6 Å². The predicted molar refractivity (Wildman–Crippen MR) is 159 cm³/mol. The number of benzene rings is 1. The topological polar surface area (TPSA) is 160 Å². The van der Waals surface area contributed by atoms with E-state index in [1.54, 1.807) is 33.7 Å². The van der Waals surface area contributed by atoms with Crippen LogP contribution in [0.1, 0.15) is 70.5 Å². The molecule has 4 heterocycles. The first-order valence-electron chi connectivity index (χ1n) is 14.1. The highest BCUT2D eigenvalue weighted by atomic mass is 16.5. The molecule has 13 nitrogen and oxygen atoms in total. The number of carbonyl (C=O) groups excluding carboxylic acids is 3. The minimum atomic E-state index is -0.472. The van der Waals surface area contributed by atoms with Crippen molar-refractivity contribution in [2.45, 2.75) is 52.7 Å². The molecule has 1 aliphatic heterocycles. The molecule has 0 saturated heterocycles. The molecule has 0 radical (unpaired) electrons. The third-order valence-electron chi connectivity index (χ3n) is 7.24. The van der Waals surface area contributed by atoms with Crippen LogP contribution in [0.3, 0.4) is 0 Å². The van der Waals surface area contributed by atoms with E-state index in [9.17, 15) is 24.0 Å². The molecule has 0 fully saturated rings. The highest BCUT2D eigenvalue weighted by Gasteiger charge is 2.32. The number of pyridine rings is 2. The first-order valence-corrected chi connectivity index (χ1v) is 14.1. The maximum absolute atomic E-state index is 13.4. The van der Waals surface area contributed by atoms with Crippen molar-refractivity contribution >= 4 is 29.1 Å². The Kier molecular flexibility index (Phi) is 8.41. The van der Waals surface area contributed by atoms with Crippen LogP contribution in [0.5, 0.6) is 5.75 Å². The molecule has 0 unspecified atom stereocenters. The van der Waals surface area contributed by atoms with E-state index in [0.717, 1.165) is 12.8 Å². The molecule has 0 bridgehead atoms. The van der Waals surface area contributed by atoms with Gasteiger partial charge in [-0.2, -0.15) is 5.10 Å². The summed E-state index contributed by atoms with van der Waals surface area (Å²) in [7, 11) is 0. The summed E-state index contributed by atoms with van der Waals surface area (Å²) >= 11 is 0. The summed E-state index contributed by atoms with van der Waals surface area (Å²) in [5, 5.41) is 11.7. The summed E-state index contributed by atoms with van der Waals surface area (Å²) in [6.07, 6.45) is 3.01. The largest absolute Gasteiger partial charge is 0.487 e. The van der Waals surface area contributed by atoms with Crippen LogP contribution in [0.2, 0.25) is 0 Å². The normalized spacial score (nSPS) is 12.8. The number of hydrogen-bond donors (Lipinski definition) is 3. The first-order chi connectivity index (χ1) is 20.7. The van der Waals surface area contributed by atoms with Crippen molar-refractivity contribution in [3.8, 4) is 5.75 Å². The van der Waals surface area contributed by atoms with Crippen LogP contribution in [-0.4, -0.2) is 61.0 Å². The van der Waals surface area contributed by atoms with Crippen molar-refractivity contribution in [3.63, 3.8) is 0 Å². The number of aromatic nitrogens is 4. The predicted octanol–water partition coefficient (Wildman–Crippen LogP) is 2.41. The van der Waals surface area contributed by atoms with Gasteiger partial charge >= 0.3 is 5.69 Å². The van der Waals surface area contributed by atoms with Crippen LogP contribution in [-0.2, 0) is 13.1 Å². The van der Waals surface area contributed by atoms with Crippen molar-refractivity contribution in [2.24, 2.45) is 0 Å². The molecular formula is C30H33N7O6. The summed E-state index contributed by atoms with van der Waals surface area (Å²) in [4.78, 5) is 66.0. The van der Waals surface area contributed by atoms with Gasteiger partial charge in [-0.1, -0.05) is 19.4 Å². The van der Waals surface area contributed by atoms with E-state index >= 15 is 0 Å². The van der Waals surface area contributed by atoms with E-state index in [2.05, 4.69) is 20.8 Å². The molecule has 1 aromatic carbocycles. The zero-order chi connectivity index (χ0) is 30.7. The SMILES string of the molecule is CCCCOc1c2n(c(CNC(=O)c3cccc(NC(=O)c4ccc5n[nH]c(=O)n5c4)c3)cc1=O)CCN(C(C)C)C2=O. The smallest absolute Gasteiger partial charge is 0.347 e. The zero-order valence-electron chi connectivity index (χ0n) is 24.2. The molecule has 3 amide bonds. The average Bonchev–Trinajstić information content (AvgIpc) is 3.37. The summed E-state index contributed by atoms with van der Waals surface area (Å²) in [5.74, 6) is -1.14. The van der Waals surface area contributed by atoms with E-state index in [1.165, 1.54) is 28.8 Å². The average molecular weight is 588 g/mol. The minimum Gasteiger partial charge on any atom is -0.487 e. The molecule has 0 atom stereocenters. The Morgan fingerprint density at radius 1 is 1.05 bits per heavy atom. The third-order valence-corrected chi connectivity index (χ3v) is 7.24. The maximum atomic E-state index is 13.4. The summed E-state index contributed by atoms with van der Waals surface area (Å²) < 4.78 is 8.78. The van der Waals surface area contributed by atoms with Crippen molar-refractivity contribution < 1.29 is 19.1 Å². The van der Waals surface area contributed by atoms with E-state index in [1.807, 2.05) is 20.8 Å². The van der Waals surface area contributed by atoms with E-state index in [-0.39, 0.29) is 41.1 Å². The van der Waals surface area contributed by atoms with Gasteiger partial charge in [0.25, 0.3) is 17.7 Å². The first kappa shape index (κ1) is 29.3. The number of amides is 3. The van der Waals surface area contributed by atoms with Crippen LogP contribution in [0.15, 0.2) is 58.3 Å². The van der Waals surface area contributed by atoms with Gasteiger partial charge in [0.05, 0.1) is 18.7 Å². The Bertz CT molecular complexity index is 1820. The summed E-state index contributed by atoms with van der Waals surface area (Å²) in [5.41, 5.74) is 1.08. The number of rotatable bonds is 10. The van der Waals surface area contributed by atoms with Gasteiger partial charge < -0.3 is 24.8 Å². The zero-order valence-corrected chi connectivity index (χ0v) is 24.2. The Balaban J connectivity index is 1.33. The van der Waals surface area contributed by atoms with Crippen LogP contribution >= 0.6 is 0 Å². The van der Waals surface area contributed by atoms with Crippen molar-refractivity contribution in [3.05, 3.63) is 91.9 Å². The molecule has 1 aliphatic rings. The number of hydrogen-bond acceptors (Lipinski definition) is 7.